The van der Waals surface area contributed by atoms with Gasteiger partial charge in [-0.25, -0.2) is 0 Å². The van der Waals surface area contributed by atoms with Crippen molar-refractivity contribution in [2.24, 2.45) is 5.92 Å². The Balaban J connectivity index is 0.00000113. The molecule has 2 heterocycles. The minimum atomic E-state index is 0. The molecule has 1 N–H and O–H groups in total. The first-order valence-electron chi connectivity index (χ1n) is 9.19. The van der Waals surface area contributed by atoms with Crippen LogP contribution in [0.5, 0.6) is 0 Å². The van der Waals surface area contributed by atoms with Gasteiger partial charge in [0.1, 0.15) is 0 Å². The summed E-state index contributed by atoms with van der Waals surface area (Å²) < 4.78 is 0. The van der Waals surface area contributed by atoms with Gasteiger partial charge < -0.3 is 10.2 Å². The van der Waals surface area contributed by atoms with Crippen molar-refractivity contribution < 1.29 is 0 Å². The van der Waals surface area contributed by atoms with Crippen LogP contribution in [-0.2, 0) is 0 Å². The number of halogens is 1. The van der Waals surface area contributed by atoms with Crippen molar-refractivity contribution in [1.82, 2.24) is 9.88 Å². The molecule has 2 aromatic rings. The fourth-order valence-corrected chi connectivity index (χ4v) is 4.26. The van der Waals surface area contributed by atoms with E-state index in [-0.39, 0.29) is 19.8 Å². The second-order valence-electron chi connectivity index (χ2n) is 7.33. The van der Waals surface area contributed by atoms with Crippen LogP contribution >= 0.6 is 12.4 Å². The third-order valence-electron chi connectivity index (χ3n) is 5.52. The van der Waals surface area contributed by atoms with Crippen LogP contribution < -0.4 is 5.32 Å². The van der Waals surface area contributed by atoms with Crippen molar-refractivity contribution in [3.8, 4) is 0 Å². The highest BCUT2D eigenvalue weighted by Gasteiger charge is 2.25. The maximum Gasteiger partial charge on any atom is 0.0400 e. The van der Waals surface area contributed by atoms with Crippen LogP contribution in [-0.4, -0.2) is 35.6 Å². The lowest BCUT2D eigenvalue weighted by atomic mass is 9.89. The predicted molar refractivity (Wildman–Crippen MR) is 111 cm³/mol. The highest BCUT2D eigenvalue weighted by Crippen LogP contribution is 2.26. The Kier molecular flexibility index (Phi) is 7.52. The van der Waals surface area contributed by atoms with E-state index in [1.165, 1.54) is 74.6 Å². The standard InChI is InChI=1S/C20H27N3.CH4.ClH/c1-2-4-16(5-3-1)14-23-11-9-20(15-23)22-19-7-6-18-13-21-10-8-17(18)12-19;;/h6-8,10,12-13,16,20,22H,1-5,9,11,14-15H2;1H4;1H/t20-;;/m1../s1. The van der Waals surface area contributed by atoms with Crippen molar-refractivity contribution in [2.75, 3.05) is 25.0 Å². The lowest BCUT2D eigenvalue weighted by Crippen LogP contribution is -2.31. The number of nitrogens with zero attached hydrogens (tertiary/aromatic N) is 2. The molecule has 1 aromatic carbocycles. The number of benzene rings is 1. The minimum Gasteiger partial charge on any atom is -0.381 e. The van der Waals surface area contributed by atoms with Crippen LogP contribution in [0.3, 0.4) is 0 Å². The summed E-state index contributed by atoms with van der Waals surface area (Å²) in [7, 11) is 0. The van der Waals surface area contributed by atoms with Crippen molar-refractivity contribution in [3.05, 3.63) is 36.7 Å². The van der Waals surface area contributed by atoms with Crippen LogP contribution in [0.2, 0.25) is 0 Å². The molecule has 0 amide bonds. The molecule has 2 aliphatic rings. The topological polar surface area (TPSA) is 28.2 Å². The average molecular weight is 362 g/mol. The van der Waals surface area contributed by atoms with Crippen molar-refractivity contribution in [1.29, 1.82) is 0 Å². The van der Waals surface area contributed by atoms with Gasteiger partial charge in [0.05, 0.1) is 0 Å². The van der Waals surface area contributed by atoms with E-state index in [2.05, 4.69) is 39.5 Å². The molecule has 4 heteroatoms. The molecular weight excluding hydrogens is 330 g/mol. The first-order chi connectivity index (χ1) is 11.4. The average Bonchev–Trinajstić information content (AvgIpc) is 3.02. The van der Waals surface area contributed by atoms with Gasteiger partial charge >= 0.3 is 0 Å². The fraction of sp³-hybridized carbons (Fsp3) is 0.571. The van der Waals surface area contributed by atoms with Gasteiger partial charge in [0.15, 0.2) is 0 Å². The highest BCUT2D eigenvalue weighted by molar-refractivity contribution is 5.85. The third kappa shape index (κ3) is 5.08. The number of likely N-dealkylation sites (tertiary alicyclic amines) is 1. The molecule has 4 rings (SSSR count). The van der Waals surface area contributed by atoms with E-state index in [1.54, 1.807) is 0 Å². The SMILES string of the molecule is C.Cl.c1cc2cc(N[C@@H]3CCN(CC4CCCCC4)C3)ccc2cn1. The van der Waals surface area contributed by atoms with Crippen molar-refractivity contribution >= 4 is 28.9 Å². The number of hydrogen-bond donors (Lipinski definition) is 1. The van der Waals surface area contributed by atoms with E-state index in [9.17, 15) is 0 Å². The fourth-order valence-electron chi connectivity index (χ4n) is 4.26. The molecule has 1 saturated carbocycles. The largest absolute Gasteiger partial charge is 0.381 e. The Morgan fingerprint density at radius 1 is 1.04 bits per heavy atom. The number of anilines is 1. The molecule has 1 aromatic heterocycles. The molecule has 1 aliphatic heterocycles. The first-order valence-corrected chi connectivity index (χ1v) is 9.19. The maximum absolute atomic E-state index is 4.18. The summed E-state index contributed by atoms with van der Waals surface area (Å²) in [5, 5.41) is 6.22. The van der Waals surface area contributed by atoms with Crippen LogP contribution in [0.15, 0.2) is 36.7 Å². The van der Waals surface area contributed by atoms with E-state index < -0.39 is 0 Å². The molecular formula is C21H32ClN3. The zero-order chi connectivity index (χ0) is 15.5. The maximum atomic E-state index is 4.18. The number of fused-ring (bicyclic) bond motifs is 1. The number of pyridine rings is 1. The number of rotatable bonds is 4. The number of hydrogen-bond acceptors (Lipinski definition) is 3. The summed E-state index contributed by atoms with van der Waals surface area (Å²) in [6, 6.07) is 9.29. The van der Waals surface area contributed by atoms with Crippen molar-refractivity contribution in [2.45, 2.75) is 52.0 Å². The molecule has 25 heavy (non-hydrogen) atoms. The van der Waals surface area contributed by atoms with Crippen LogP contribution in [0, 0.1) is 5.92 Å². The molecule has 2 fully saturated rings. The summed E-state index contributed by atoms with van der Waals surface area (Å²) >= 11 is 0. The summed E-state index contributed by atoms with van der Waals surface area (Å²) in [5.41, 5.74) is 1.24. The zero-order valence-electron chi connectivity index (χ0n) is 14.3. The Morgan fingerprint density at radius 3 is 2.72 bits per heavy atom. The van der Waals surface area contributed by atoms with Gasteiger partial charge in [-0.1, -0.05) is 32.8 Å². The smallest absolute Gasteiger partial charge is 0.0400 e. The molecule has 0 spiro atoms. The van der Waals surface area contributed by atoms with Gasteiger partial charge in [-0.05, 0) is 48.8 Å². The van der Waals surface area contributed by atoms with Gasteiger partial charge in [-0.3, -0.25) is 4.98 Å². The third-order valence-corrected chi connectivity index (χ3v) is 5.52. The molecule has 3 nitrogen and oxygen atoms in total. The molecule has 0 radical (unpaired) electrons. The Morgan fingerprint density at radius 2 is 1.88 bits per heavy atom. The molecule has 0 unspecified atom stereocenters. The van der Waals surface area contributed by atoms with Gasteiger partial charge in [-0.15, -0.1) is 12.4 Å². The molecule has 1 aliphatic carbocycles. The molecule has 0 bridgehead atoms. The van der Waals surface area contributed by atoms with Gasteiger partial charge in [0.2, 0.25) is 0 Å². The van der Waals surface area contributed by atoms with E-state index in [0.717, 1.165) is 5.92 Å². The second-order valence-corrected chi connectivity index (χ2v) is 7.33. The monoisotopic (exact) mass is 361 g/mol. The number of nitrogens with one attached hydrogen (secondary N) is 1. The second kappa shape index (κ2) is 9.40. The first kappa shape index (κ1) is 20.0. The summed E-state index contributed by atoms with van der Waals surface area (Å²) in [6.45, 7) is 3.78. The Labute approximate surface area is 158 Å². The van der Waals surface area contributed by atoms with E-state index in [0.29, 0.717) is 6.04 Å². The lowest BCUT2D eigenvalue weighted by Gasteiger charge is -2.26. The van der Waals surface area contributed by atoms with Crippen LogP contribution in [0.4, 0.5) is 5.69 Å². The van der Waals surface area contributed by atoms with E-state index in [1.807, 2.05) is 12.4 Å². The van der Waals surface area contributed by atoms with Crippen molar-refractivity contribution in [3.63, 3.8) is 0 Å². The van der Waals surface area contributed by atoms with Crippen LogP contribution in [0.1, 0.15) is 46.0 Å². The van der Waals surface area contributed by atoms with Crippen LogP contribution in [0.25, 0.3) is 10.8 Å². The minimum absolute atomic E-state index is 0. The molecule has 138 valence electrons. The summed E-state index contributed by atoms with van der Waals surface area (Å²) in [5.74, 6) is 0.954. The normalized spacial score (nSPS) is 21.5. The van der Waals surface area contributed by atoms with E-state index in [4.69, 9.17) is 0 Å². The Hall–Kier alpha value is -1.32. The number of aromatic nitrogens is 1. The quantitative estimate of drug-likeness (QED) is 0.794. The Bertz CT molecular complexity index is 654. The van der Waals surface area contributed by atoms with Gasteiger partial charge in [0, 0.05) is 49.1 Å². The van der Waals surface area contributed by atoms with Gasteiger partial charge in [0.25, 0.3) is 0 Å². The zero-order valence-corrected chi connectivity index (χ0v) is 15.1. The summed E-state index contributed by atoms with van der Waals surface area (Å²) in [4.78, 5) is 6.86. The van der Waals surface area contributed by atoms with Gasteiger partial charge in [-0.2, -0.15) is 0 Å². The predicted octanol–water partition coefficient (Wildman–Crippen LogP) is 5.36. The highest BCUT2D eigenvalue weighted by atomic mass is 35.5. The summed E-state index contributed by atoms with van der Waals surface area (Å²) in [6.07, 6.45) is 12.3. The van der Waals surface area contributed by atoms with E-state index >= 15 is 0 Å². The molecule has 1 atom stereocenters. The molecule has 1 saturated heterocycles. The lowest BCUT2D eigenvalue weighted by molar-refractivity contribution is 0.233.